The Balaban J connectivity index is 1.39. The summed E-state index contributed by atoms with van der Waals surface area (Å²) < 4.78 is 5.33. The third-order valence-corrected chi connectivity index (χ3v) is 6.10. The molecule has 6 nitrogen and oxygen atoms in total. The number of aliphatic hydroxyl groups excluding tert-OH is 1. The van der Waals surface area contributed by atoms with Gasteiger partial charge in [-0.25, -0.2) is 0 Å². The molecular weight excluding hydrogens is 330 g/mol. The number of pyridine rings is 1. The molecule has 6 heteroatoms. The van der Waals surface area contributed by atoms with E-state index in [0.29, 0.717) is 23.8 Å². The van der Waals surface area contributed by atoms with Gasteiger partial charge in [0, 0.05) is 37.3 Å². The molecule has 26 heavy (non-hydrogen) atoms. The van der Waals surface area contributed by atoms with Gasteiger partial charge in [-0.2, -0.15) is 0 Å². The van der Waals surface area contributed by atoms with Gasteiger partial charge in [-0.15, -0.1) is 0 Å². The minimum atomic E-state index is -0.180. The molecule has 1 amide bonds. The van der Waals surface area contributed by atoms with Crippen LogP contribution < -0.4 is 10.1 Å². The van der Waals surface area contributed by atoms with Crippen LogP contribution in [-0.4, -0.2) is 53.2 Å². The van der Waals surface area contributed by atoms with Gasteiger partial charge in [0.25, 0.3) is 0 Å². The topological polar surface area (TPSA) is 74.7 Å². The van der Waals surface area contributed by atoms with Crippen LogP contribution in [0.5, 0.6) is 5.75 Å². The van der Waals surface area contributed by atoms with E-state index in [1.807, 2.05) is 17.2 Å². The summed E-state index contributed by atoms with van der Waals surface area (Å²) in [7, 11) is 1.66. The molecule has 2 aliphatic carbocycles. The summed E-state index contributed by atoms with van der Waals surface area (Å²) in [6, 6.07) is 2.62. The number of nitrogens with zero attached hydrogens (tertiary/aromatic N) is 2. The van der Waals surface area contributed by atoms with Crippen molar-refractivity contribution in [2.45, 2.75) is 56.7 Å². The van der Waals surface area contributed by atoms with Gasteiger partial charge in [0.2, 0.25) is 5.91 Å². The van der Waals surface area contributed by atoms with E-state index in [1.54, 1.807) is 13.3 Å². The molecule has 0 aromatic carbocycles. The zero-order valence-corrected chi connectivity index (χ0v) is 15.4. The summed E-state index contributed by atoms with van der Waals surface area (Å²) in [4.78, 5) is 18.6. The molecule has 2 N–H and O–H groups in total. The third-order valence-electron chi connectivity index (χ3n) is 6.10. The fraction of sp³-hybridized carbons (Fsp3) is 0.700. The lowest BCUT2D eigenvalue weighted by Crippen LogP contribution is -2.49. The maximum atomic E-state index is 12.2. The zero-order chi connectivity index (χ0) is 18.1. The molecule has 142 valence electrons. The van der Waals surface area contributed by atoms with Crippen molar-refractivity contribution >= 4 is 5.91 Å². The molecule has 1 aromatic rings. The molecule has 4 rings (SSSR count). The van der Waals surface area contributed by atoms with Crippen LogP contribution in [0, 0.1) is 11.8 Å². The number of ether oxygens (including phenoxy) is 1. The van der Waals surface area contributed by atoms with Gasteiger partial charge in [0.15, 0.2) is 0 Å². The largest absolute Gasteiger partial charge is 0.495 e. The highest BCUT2D eigenvalue weighted by Gasteiger charge is 2.38. The van der Waals surface area contributed by atoms with E-state index in [4.69, 9.17) is 4.74 Å². The Kier molecular flexibility index (Phi) is 5.14. The monoisotopic (exact) mass is 359 g/mol. The Morgan fingerprint density at radius 1 is 1.27 bits per heavy atom. The van der Waals surface area contributed by atoms with E-state index in [-0.39, 0.29) is 12.1 Å². The number of carbonyl (C=O) groups excluding carboxylic acids is 1. The van der Waals surface area contributed by atoms with Gasteiger partial charge in [0.1, 0.15) is 5.75 Å². The van der Waals surface area contributed by atoms with Crippen molar-refractivity contribution in [1.29, 1.82) is 0 Å². The molecular formula is C20H29N3O3. The first kappa shape index (κ1) is 17.7. The lowest BCUT2D eigenvalue weighted by atomic mass is 9.75. The number of hydrogen-bond acceptors (Lipinski definition) is 5. The second-order valence-electron chi connectivity index (χ2n) is 8.06. The molecule has 1 saturated heterocycles. The number of aliphatic hydroxyl groups is 1. The summed E-state index contributed by atoms with van der Waals surface area (Å²) in [5, 5.41) is 13.6. The van der Waals surface area contributed by atoms with E-state index in [1.165, 1.54) is 0 Å². The number of amides is 1. The Bertz CT molecular complexity index is 635. The number of hydrogen-bond donors (Lipinski definition) is 2. The number of rotatable bonds is 6. The molecule has 1 atom stereocenters. The lowest BCUT2D eigenvalue weighted by Gasteiger charge is -2.42. The third kappa shape index (κ3) is 3.86. The average Bonchev–Trinajstić information content (AvgIpc) is 3.49. The zero-order valence-electron chi connectivity index (χ0n) is 15.4. The number of piperidine rings is 1. The van der Waals surface area contributed by atoms with Crippen LogP contribution in [0.4, 0.5) is 0 Å². The van der Waals surface area contributed by atoms with Gasteiger partial charge >= 0.3 is 0 Å². The number of aromatic nitrogens is 1. The second-order valence-corrected chi connectivity index (χ2v) is 8.06. The molecule has 2 saturated carbocycles. The highest BCUT2D eigenvalue weighted by molar-refractivity contribution is 5.81. The van der Waals surface area contributed by atoms with Crippen LogP contribution in [0.3, 0.4) is 0 Å². The van der Waals surface area contributed by atoms with Crippen molar-refractivity contribution in [1.82, 2.24) is 15.2 Å². The van der Waals surface area contributed by atoms with Crippen molar-refractivity contribution < 1.29 is 14.6 Å². The molecule has 0 radical (unpaired) electrons. The molecule has 0 spiro atoms. The first-order chi connectivity index (χ1) is 12.6. The number of likely N-dealkylation sites (tertiary alicyclic amines) is 1. The smallest absolute Gasteiger partial charge is 0.225 e. The maximum Gasteiger partial charge on any atom is 0.225 e. The molecule has 0 unspecified atom stereocenters. The van der Waals surface area contributed by atoms with E-state index in [2.05, 4.69) is 10.3 Å². The Morgan fingerprint density at radius 2 is 2.00 bits per heavy atom. The average molecular weight is 359 g/mol. The first-order valence-electron chi connectivity index (χ1n) is 9.86. The summed E-state index contributed by atoms with van der Waals surface area (Å²) in [5.41, 5.74) is 1.12. The molecule has 1 aliphatic heterocycles. The minimum Gasteiger partial charge on any atom is -0.495 e. The quantitative estimate of drug-likeness (QED) is 0.811. The predicted molar refractivity (Wildman–Crippen MR) is 97.7 cm³/mol. The van der Waals surface area contributed by atoms with Crippen molar-refractivity contribution in [3.8, 4) is 5.75 Å². The SMILES string of the molecule is COc1cncc([C@@H](NC2CCN(C(=O)C3CC3)CC2)C2CC(O)C2)c1. The molecule has 3 fully saturated rings. The maximum absolute atomic E-state index is 12.2. The summed E-state index contributed by atoms with van der Waals surface area (Å²) in [6.45, 7) is 1.70. The minimum absolute atomic E-state index is 0.177. The van der Waals surface area contributed by atoms with Gasteiger partial charge < -0.3 is 20.1 Å². The standard InChI is InChI=1S/C20H29N3O3/c1-26-18-10-15(11-21-12-18)19(14-8-17(24)9-14)22-16-4-6-23(7-5-16)20(25)13-2-3-13/h10-14,16-17,19,22,24H,2-9H2,1H3/t14?,17?,19-/m0/s1. The van der Waals surface area contributed by atoms with Gasteiger partial charge in [-0.3, -0.25) is 9.78 Å². The molecule has 2 heterocycles. The van der Waals surface area contributed by atoms with Crippen molar-refractivity contribution in [2.24, 2.45) is 11.8 Å². The second kappa shape index (κ2) is 7.53. The highest BCUT2D eigenvalue weighted by Crippen LogP contribution is 2.39. The van der Waals surface area contributed by atoms with Crippen LogP contribution >= 0.6 is 0 Å². The normalized spacial score (nSPS) is 27.7. The van der Waals surface area contributed by atoms with Gasteiger partial charge in [-0.1, -0.05) is 0 Å². The summed E-state index contributed by atoms with van der Waals surface area (Å²) >= 11 is 0. The molecule has 1 aromatic heterocycles. The lowest BCUT2D eigenvalue weighted by molar-refractivity contribution is -0.133. The van der Waals surface area contributed by atoms with Gasteiger partial charge in [-0.05, 0) is 56.1 Å². The van der Waals surface area contributed by atoms with E-state index in [0.717, 1.165) is 62.9 Å². The highest BCUT2D eigenvalue weighted by atomic mass is 16.5. The van der Waals surface area contributed by atoms with Gasteiger partial charge in [0.05, 0.1) is 19.4 Å². The fourth-order valence-corrected chi connectivity index (χ4v) is 4.23. The Morgan fingerprint density at radius 3 is 2.62 bits per heavy atom. The summed E-state index contributed by atoms with van der Waals surface area (Å²) in [6.07, 6.45) is 9.22. The van der Waals surface area contributed by atoms with E-state index in [9.17, 15) is 9.90 Å². The number of carbonyl (C=O) groups is 1. The number of nitrogens with one attached hydrogen (secondary N) is 1. The summed E-state index contributed by atoms with van der Waals surface area (Å²) in [5.74, 6) is 1.86. The van der Waals surface area contributed by atoms with Crippen LogP contribution in [0.1, 0.15) is 50.1 Å². The molecule has 0 bridgehead atoms. The predicted octanol–water partition coefficient (Wildman–Crippen LogP) is 1.89. The van der Waals surface area contributed by atoms with E-state index < -0.39 is 0 Å². The van der Waals surface area contributed by atoms with Crippen LogP contribution in [-0.2, 0) is 4.79 Å². The fourth-order valence-electron chi connectivity index (χ4n) is 4.23. The van der Waals surface area contributed by atoms with Crippen molar-refractivity contribution in [3.63, 3.8) is 0 Å². The first-order valence-corrected chi connectivity index (χ1v) is 9.86. The van der Waals surface area contributed by atoms with Crippen molar-refractivity contribution in [3.05, 3.63) is 24.0 Å². The van der Waals surface area contributed by atoms with Crippen LogP contribution in [0.2, 0.25) is 0 Å². The molecule has 3 aliphatic rings. The number of methoxy groups -OCH3 is 1. The van der Waals surface area contributed by atoms with Crippen LogP contribution in [0.25, 0.3) is 0 Å². The Labute approximate surface area is 154 Å². The van der Waals surface area contributed by atoms with E-state index >= 15 is 0 Å². The van der Waals surface area contributed by atoms with Crippen LogP contribution in [0.15, 0.2) is 18.5 Å². The van der Waals surface area contributed by atoms with Crippen molar-refractivity contribution in [2.75, 3.05) is 20.2 Å². The Hall–Kier alpha value is -1.66.